The molecule has 2 saturated heterocycles. The second kappa shape index (κ2) is 7.06. The molecule has 0 bridgehead atoms. The Hall–Kier alpha value is -1.67. The predicted molar refractivity (Wildman–Crippen MR) is 85.6 cm³/mol. The monoisotopic (exact) mass is 340 g/mol. The highest BCUT2D eigenvalue weighted by Crippen LogP contribution is 2.29. The van der Waals surface area contributed by atoms with Gasteiger partial charge < -0.3 is 14.4 Å². The van der Waals surface area contributed by atoms with Crippen LogP contribution in [-0.2, 0) is 23.1 Å². The number of nitrogens with zero attached hydrogens (tertiary/aromatic N) is 4. The topological polar surface area (TPSA) is 59.8 Å². The fourth-order valence-corrected chi connectivity index (χ4v) is 3.60. The molecule has 1 aromatic rings. The Morgan fingerprint density at radius 2 is 2.12 bits per heavy atom. The van der Waals surface area contributed by atoms with E-state index in [2.05, 4.69) is 5.10 Å². The van der Waals surface area contributed by atoms with E-state index in [0.29, 0.717) is 38.7 Å². The van der Waals surface area contributed by atoms with Crippen molar-refractivity contribution in [1.29, 1.82) is 0 Å². The van der Waals surface area contributed by atoms with Gasteiger partial charge >= 0.3 is 0 Å². The summed E-state index contributed by atoms with van der Waals surface area (Å²) in [4.78, 5) is 16.5. The number of ether oxygens (including phenoxy) is 2. The minimum atomic E-state index is -0.983. The van der Waals surface area contributed by atoms with E-state index < -0.39 is 12.2 Å². The van der Waals surface area contributed by atoms with Crippen molar-refractivity contribution in [2.24, 2.45) is 7.05 Å². The molecule has 0 spiro atoms. The van der Waals surface area contributed by atoms with Gasteiger partial charge in [0.05, 0.1) is 37.6 Å². The van der Waals surface area contributed by atoms with E-state index in [-0.39, 0.29) is 18.9 Å². The highest BCUT2D eigenvalue weighted by molar-refractivity contribution is 5.82. The molecule has 0 radical (unpaired) electrons. The fourth-order valence-electron chi connectivity index (χ4n) is 3.60. The van der Waals surface area contributed by atoms with Crippen LogP contribution in [0.1, 0.15) is 17.7 Å². The average Bonchev–Trinajstić information content (AvgIpc) is 3.07. The van der Waals surface area contributed by atoms with Crippen LogP contribution in [0, 0.1) is 6.92 Å². The first-order chi connectivity index (χ1) is 11.5. The third kappa shape index (κ3) is 3.25. The summed E-state index contributed by atoms with van der Waals surface area (Å²) in [5, 5.41) is 4.36. The predicted octanol–water partition coefficient (Wildman–Crippen LogP) is 0.508. The normalized spacial score (nSPS) is 25.2. The zero-order chi connectivity index (χ0) is 17.3. The van der Waals surface area contributed by atoms with Crippen molar-refractivity contribution in [3.05, 3.63) is 11.3 Å². The number of morpholine rings is 1. The number of aryl methyl sites for hydroxylation is 2. The van der Waals surface area contributed by atoms with E-state index >= 15 is 0 Å². The van der Waals surface area contributed by atoms with Gasteiger partial charge in [0.2, 0.25) is 11.8 Å². The number of alkyl halides is 1. The van der Waals surface area contributed by atoms with Gasteiger partial charge in [0.15, 0.2) is 0 Å². The van der Waals surface area contributed by atoms with Crippen molar-refractivity contribution in [3.8, 4) is 5.88 Å². The molecule has 1 aromatic heterocycles. The molecule has 24 heavy (non-hydrogen) atoms. The SMILES string of the molecule is COc1c(CN2C[C@H](F)C[C@H]2C(=O)N2CCOCC2)c(C)nn1C. The average molecular weight is 340 g/mol. The molecule has 3 heterocycles. The molecular formula is C16H25FN4O3. The molecule has 0 N–H and O–H groups in total. The number of rotatable bonds is 4. The fraction of sp³-hybridized carbons (Fsp3) is 0.750. The van der Waals surface area contributed by atoms with Crippen molar-refractivity contribution in [2.75, 3.05) is 40.0 Å². The lowest BCUT2D eigenvalue weighted by atomic mass is 10.1. The van der Waals surface area contributed by atoms with Gasteiger partial charge in [-0.05, 0) is 6.92 Å². The Morgan fingerprint density at radius 3 is 2.79 bits per heavy atom. The molecule has 3 rings (SSSR count). The van der Waals surface area contributed by atoms with Crippen LogP contribution in [0.15, 0.2) is 0 Å². The molecule has 8 heteroatoms. The number of hydrogen-bond donors (Lipinski definition) is 0. The van der Waals surface area contributed by atoms with Gasteiger partial charge in [-0.1, -0.05) is 0 Å². The summed E-state index contributed by atoms with van der Waals surface area (Å²) in [7, 11) is 3.41. The van der Waals surface area contributed by atoms with Crippen molar-refractivity contribution >= 4 is 5.91 Å². The quantitative estimate of drug-likeness (QED) is 0.799. The standard InChI is InChI=1S/C16H25FN4O3/c1-11-13(16(23-3)19(2)18-11)10-21-9-12(17)8-14(21)15(22)20-4-6-24-7-5-20/h12,14H,4-10H2,1-3H3/t12-,14+/m1/s1. The molecule has 134 valence electrons. The molecule has 0 saturated carbocycles. The lowest BCUT2D eigenvalue weighted by Gasteiger charge is -2.32. The van der Waals surface area contributed by atoms with E-state index in [1.54, 1.807) is 16.7 Å². The zero-order valence-electron chi connectivity index (χ0n) is 14.5. The summed E-state index contributed by atoms with van der Waals surface area (Å²) in [6.07, 6.45) is -0.736. The summed E-state index contributed by atoms with van der Waals surface area (Å²) < 4.78 is 26.4. The first kappa shape index (κ1) is 17.2. The first-order valence-corrected chi connectivity index (χ1v) is 8.32. The van der Waals surface area contributed by atoms with E-state index in [1.165, 1.54) is 0 Å². The molecule has 0 aromatic carbocycles. The lowest BCUT2D eigenvalue weighted by Crippen LogP contribution is -2.49. The Bertz CT molecular complexity index is 600. The molecule has 0 unspecified atom stereocenters. The maximum absolute atomic E-state index is 14.1. The Balaban J connectivity index is 1.77. The maximum atomic E-state index is 14.1. The molecule has 2 aliphatic rings. The second-order valence-corrected chi connectivity index (χ2v) is 6.41. The van der Waals surface area contributed by atoms with Crippen LogP contribution < -0.4 is 4.74 Å². The third-order valence-electron chi connectivity index (χ3n) is 4.80. The summed E-state index contributed by atoms with van der Waals surface area (Å²) >= 11 is 0. The number of amides is 1. The van der Waals surface area contributed by atoms with Gasteiger partial charge in [-0.3, -0.25) is 9.69 Å². The van der Waals surface area contributed by atoms with Gasteiger partial charge in [0.1, 0.15) is 6.17 Å². The third-order valence-corrected chi connectivity index (χ3v) is 4.80. The summed E-state index contributed by atoms with van der Waals surface area (Å²) in [6.45, 7) is 4.88. The molecule has 2 aliphatic heterocycles. The first-order valence-electron chi connectivity index (χ1n) is 8.32. The van der Waals surface area contributed by atoms with Gasteiger partial charge in [-0.15, -0.1) is 0 Å². The molecular weight excluding hydrogens is 315 g/mol. The number of methoxy groups -OCH3 is 1. The number of hydrogen-bond acceptors (Lipinski definition) is 5. The Labute approximate surface area is 141 Å². The maximum Gasteiger partial charge on any atom is 0.240 e. The van der Waals surface area contributed by atoms with Crippen molar-refractivity contribution < 1.29 is 18.7 Å². The molecule has 2 fully saturated rings. The van der Waals surface area contributed by atoms with Crippen LogP contribution in [-0.4, -0.2) is 77.7 Å². The van der Waals surface area contributed by atoms with Gasteiger partial charge in [0.25, 0.3) is 0 Å². The van der Waals surface area contributed by atoms with Crippen LogP contribution in [0.25, 0.3) is 0 Å². The van der Waals surface area contributed by atoms with Crippen LogP contribution >= 0.6 is 0 Å². The summed E-state index contributed by atoms with van der Waals surface area (Å²) in [5.41, 5.74) is 1.75. The molecule has 2 atom stereocenters. The zero-order valence-corrected chi connectivity index (χ0v) is 14.5. The highest BCUT2D eigenvalue weighted by atomic mass is 19.1. The van der Waals surface area contributed by atoms with E-state index in [1.807, 2.05) is 18.9 Å². The smallest absolute Gasteiger partial charge is 0.240 e. The van der Waals surface area contributed by atoms with Crippen molar-refractivity contribution in [3.63, 3.8) is 0 Å². The van der Waals surface area contributed by atoms with Crippen LogP contribution in [0.4, 0.5) is 4.39 Å². The summed E-state index contributed by atoms with van der Waals surface area (Å²) in [6, 6.07) is -0.428. The lowest BCUT2D eigenvalue weighted by molar-refractivity contribution is -0.140. The highest BCUT2D eigenvalue weighted by Gasteiger charge is 2.40. The van der Waals surface area contributed by atoms with Gasteiger partial charge in [-0.2, -0.15) is 5.10 Å². The van der Waals surface area contributed by atoms with E-state index in [9.17, 15) is 9.18 Å². The number of aromatic nitrogens is 2. The largest absolute Gasteiger partial charge is 0.481 e. The molecule has 7 nitrogen and oxygen atoms in total. The van der Waals surface area contributed by atoms with E-state index in [4.69, 9.17) is 9.47 Å². The molecule has 1 amide bonds. The van der Waals surface area contributed by atoms with Gasteiger partial charge in [-0.25, -0.2) is 9.07 Å². The van der Waals surface area contributed by atoms with Crippen LogP contribution in [0.2, 0.25) is 0 Å². The van der Waals surface area contributed by atoms with Crippen LogP contribution in [0.5, 0.6) is 5.88 Å². The Kier molecular flexibility index (Phi) is 5.05. The number of carbonyl (C=O) groups is 1. The second-order valence-electron chi connectivity index (χ2n) is 6.41. The number of likely N-dealkylation sites (tertiary alicyclic amines) is 1. The van der Waals surface area contributed by atoms with Gasteiger partial charge in [0, 0.05) is 39.6 Å². The van der Waals surface area contributed by atoms with Crippen molar-refractivity contribution in [2.45, 2.75) is 32.1 Å². The van der Waals surface area contributed by atoms with Crippen LogP contribution in [0.3, 0.4) is 0 Å². The van der Waals surface area contributed by atoms with Crippen molar-refractivity contribution in [1.82, 2.24) is 19.6 Å². The summed E-state index contributed by atoms with van der Waals surface area (Å²) in [5.74, 6) is 0.659. The number of halogens is 1. The van der Waals surface area contributed by atoms with E-state index in [0.717, 1.165) is 11.3 Å². The number of carbonyl (C=O) groups excluding carboxylic acids is 1. The molecule has 0 aliphatic carbocycles. The minimum absolute atomic E-state index is 0.000963. The Morgan fingerprint density at radius 1 is 1.42 bits per heavy atom. The minimum Gasteiger partial charge on any atom is -0.481 e.